The van der Waals surface area contributed by atoms with E-state index >= 15 is 0 Å². The van der Waals surface area contributed by atoms with Crippen LogP contribution in [0.3, 0.4) is 0 Å². The number of nitrogens with one attached hydrogen (secondary N) is 1. The Morgan fingerprint density at radius 2 is 1.72 bits per heavy atom. The molecule has 2 aliphatic rings. The van der Waals surface area contributed by atoms with Gasteiger partial charge in [0, 0.05) is 25.0 Å². The minimum atomic E-state index is -1.12. The van der Waals surface area contributed by atoms with Gasteiger partial charge < -0.3 is 15.2 Å². The lowest BCUT2D eigenvalue weighted by Crippen LogP contribution is -2.57. The highest BCUT2D eigenvalue weighted by molar-refractivity contribution is 6.15. The third-order valence-electron chi connectivity index (χ3n) is 3.83. The van der Waals surface area contributed by atoms with Gasteiger partial charge in [-0.05, 0) is 6.92 Å². The zero-order chi connectivity index (χ0) is 18.6. The van der Waals surface area contributed by atoms with Gasteiger partial charge in [0.1, 0.15) is 12.2 Å². The molecule has 0 radical (unpaired) electrons. The second-order valence-corrected chi connectivity index (χ2v) is 5.54. The molecular weight excluding hydrogens is 334 g/mol. The van der Waals surface area contributed by atoms with Crippen LogP contribution < -0.4 is 5.32 Å². The number of carbonyl (C=O) groups is 5. The summed E-state index contributed by atoms with van der Waals surface area (Å²) >= 11 is 0. The fourth-order valence-electron chi connectivity index (χ4n) is 2.58. The van der Waals surface area contributed by atoms with E-state index in [0.29, 0.717) is 0 Å². The third kappa shape index (κ3) is 4.09. The molecule has 2 rings (SSSR count). The van der Waals surface area contributed by atoms with E-state index in [1.54, 1.807) is 0 Å². The molecule has 10 nitrogen and oxygen atoms in total. The van der Waals surface area contributed by atoms with E-state index in [0.717, 1.165) is 22.0 Å². The van der Waals surface area contributed by atoms with Gasteiger partial charge in [0.2, 0.25) is 17.7 Å². The maximum Gasteiger partial charge on any atom is 0.254 e. The molecule has 0 saturated carbocycles. The van der Waals surface area contributed by atoms with Gasteiger partial charge >= 0.3 is 0 Å². The molecule has 0 bridgehead atoms. The van der Waals surface area contributed by atoms with E-state index in [2.05, 4.69) is 5.32 Å². The smallest absolute Gasteiger partial charge is 0.254 e. The average molecular weight is 353 g/mol. The van der Waals surface area contributed by atoms with Crippen molar-refractivity contribution in [2.75, 3.05) is 19.8 Å². The van der Waals surface area contributed by atoms with Crippen molar-refractivity contribution in [3.05, 3.63) is 12.2 Å². The lowest BCUT2D eigenvalue weighted by molar-refractivity contribution is -0.149. The summed E-state index contributed by atoms with van der Waals surface area (Å²) in [4.78, 5) is 61.2. The normalized spacial score (nSPS) is 19.8. The predicted octanol–water partition coefficient (Wildman–Crippen LogP) is -2.10. The molecule has 0 aromatic rings. The van der Waals surface area contributed by atoms with Crippen molar-refractivity contribution in [2.45, 2.75) is 32.0 Å². The molecule has 2 heterocycles. The number of aliphatic hydroxyl groups is 1. The number of likely N-dealkylation sites (tertiary alicyclic amines) is 1. The minimum Gasteiger partial charge on any atom is -0.394 e. The van der Waals surface area contributed by atoms with Crippen LogP contribution >= 0.6 is 0 Å². The van der Waals surface area contributed by atoms with E-state index in [1.165, 1.54) is 6.92 Å². The lowest BCUT2D eigenvalue weighted by atomic mass is 10.2. The topological polar surface area (TPSA) is 133 Å². The summed E-state index contributed by atoms with van der Waals surface area (Å²) in [6.45, 7) is 0.848. The Balaban J connectivity index is 2.08. The summed E-state index contributed by atoms with van der Waals surface area (Å²) in [5, 5.41) is 11.2. The number of aliphatic hydroxyl groups excluding tert-OH is 1. The summed E-state index contributed by atoms with van der Waals surface area (Å²) in [7, 11) is 0. The molecule has 2 aliphatic heterocycles. The number of hydrogen-bond acceptors (Lipinski definition) is 7. The highest BCUT2D eigenvalue weighted by Crippen LogP contribution is 2.16. The number of amides is 5. The van der Waals surface area contributed by atoms with Crippen LogP contribution in [0.5, 0.6) is 0 Å². The van der Waals surface area contributed by atoms with Crippen LogP contribution in [0.2, 0.25) is 0 Å². The molecule has 10 heteroatoms. The van der Waals surface area contributed by atoms with Crippen LogP contribution in [0.25, 0.3) is 0 Å². The van der Waals surface area contributed by atoms with Gasteiger partial charge in [-0.25, -0.2) is 0 Å². The van der Waals surface area contributed by atoms with Crippen LogP contribution in [0.4, 0.5) is 0 Å². The average Bonchev–Trinajstić information content (AvgIpc) is 3.07. The van der Waals surface area contributed by atoms with Crippen LogP contribution in [0.15, 0.2) is 12.2 Å². The number of rotatable bonds is 8. The van der Waals surface area contributed by atoms with Gasteiger partial charge in [-0.1, -0.05) is 0 Å². The predicted molar refractivity (Wildman–Crippen MR) is 81.4 cm³/mol. The Hall–Kier alpha value is -2.59. The van der Waals surface area contributed by atoms with Crippen molar-refractivity contribution in [3.8, 4) is 0 Å². The summed E-state index contributed by atoms with van der Waals surface area (Å²) in [5.74, 6) is -2.85. The van der Waals surface area contributed by atoms with Crippen molar-refractivity contribution in [1.82, 2.24) is 15.1 Å². The van der Waals surface area contributed by atoms with E-state index in [9.17, 15) is 24.0 Å². The largest absolute Gasteiger partial charge is 0.394 e. The van der Waals surface area contributed by atoms with Gasteiger partial charge in [0.15, 0.2) is 0 Å². The molecule has 2 atom stereocenters. The summed E-state index contributed by atoms with van der Waals surface area (Å²) in [5.41, 5.74) is 0. The van der Waals surface area contributed by atoms with E-state index in [4.69, 9.17) is 9.84 Å². The summed E-state index contributed by atoms with van der Waals surface area (Å²) in [6.07, 6.45) is 1.11. The standard InChI is InChI=1S/C15H19N3O7/c1-9(17-11(20)2-3-12(17)21)15(24)16-10(8-25-7-6-19)18-13(22)4-5-14(18)23/h2-3,9-10,19H,4-8H2,1H3,(H,16,24). The quantitative estimate of drug-likeness (QED) is 0.377. The molecule has 0 aromatic heterocycles. The minimum absolute atomic E-state index is 0.0355. The van der Waals surface area contributed by atoms with Crippen molar-refractivity contribution in [1.29, 1.82) is 0 Å². The fraction of sp³-hybridized carbons (Fsp3) is 0.533. The van der Waals surface area contributed by atoms with Gasteiger partial charge in [-0.3, -0.25) is 33.8 Å². The van der Waals surface area contributed by atoms with Crippen LogP contribution in [0.1, 0.15) is 19.8 Å². The molecule has 1 fully saturated rings. The van der Waals surface area contributed by atoms with Crippen molar-refractivity contribution < 1.29 is 33.8 Å². The highest BCUT2D eigenvalue weighted by atomic mass is 16.5. The molecule has 0 spiro atoms. The molecule has 1 saturated heterocycles. The summed E-state index contributed by atoms with van der Waals surface area (Å²) < 4.78 is 5.13. The molecular formula is C15H19N3O7. The number of nitrogens with zero attached hydrogens (tertiary/aromatic N) is 2. The van der Waals surface area contributed by atoms with Gasteiger partial charge in [-0.2, -0.15) is 0 Å². The zero-order valence-electron chi connectivity index (χ0n) is 13.6. The maximum atomic E-state index is 12.4. The van der Waals surface area contributed by atoms with E-state index < -0.39 is 41.7 Å². The SMILES string of the molecule is CC(C(=O)NC(COCCO)N1C(=O)CCC1=O)N1C(=O)C=CC1=O. The van der Waals surface area contributed by atoms with Crippen molar-refractivity contribution in [3.63, 3.8) is 0 Å². The van der Waals surface area contributed by atoms with Crippen molar-refractivity contribution >= 4 is 29.5 Å². The Morgan fingerprint density at radius 3 is 2.24 bits per heavy atom. The monoisotopic (exact) mass is 353 g/mol. The third-order valence-corrected chi connectivity index (χ3v) is 3.83. The first kappa shape index (κ1) is 18.7. The molecule has 25 heavy (non-hydrogen) atoms. The lowest BCUT2D eigenvalue weighted by Gasteiger charge is -2.29. The van der Waals surface area contributed by atoms with E-state index in [-0.39, 0.29) is 32.7 Å². The van der Waals surface area contributed by atoms with Crippen LogP contribution in [-0.2, 0) is 28.7 Å². The number of imide groups is 2. The second-order valence-electron chi connectivity index (χ2n) is 5.54. The molecule has 136 valence electrons. The molecule has 0 aliphatic carbocycles. The second kappa shape index (κ2) is 7.99. The Labute approximate surface area is 143 Å². The number of ether oxygens (including phenoxy) is 1. The number of hydrogen-bond donors (Lipinski definition) is 2. The van der Waals surface area contributed by atoms with Crippen molar-refractivity contribution in [2.24, 2.45) is 0 Å². The summed E-state index contributed by atoms with van der Waals surface area (Å²) in [6, 6.07) is -1.12. The fourth-order valence-corrected chi connectivity index (χ4v) is 2.58. The zero-order valence-corrected chi connectivity index (χ0v) is 13.6. The highest BCUT2D eigenvalue weighted by Gasteiger charge is 2.38. The first-order valence-corrected chi connectivity index (χ1v) is 7.76. The molecule has 2 N–H and O–H groups in total. The first-order valence-electron chi connectivity index (χ1n) is 7.76. The molecule has 5 amide bonds. The Kier molecular flexibility index (Phi) is 5.99. The first-order chi connectivity index (χ1) is 11.9. The van der Waals surface area contributed by atoms with Gasteiger partial charge in [0.25, 0.3) is 11.8 Å². The van der Waals surface area contributed by atoms with Gasteiger partial charge in [0.05, 0.1) is 19.8 Å². The Morgan fingerprint density at radius 1 is 1.16 bits per heavy atom. The Bertz CT molecular complexity index is 597. The molecule has 0 aromatic carbocycles. The maximum absolute atomic E-state index is 12.4. The van der Waals surface area contributed by atoms with Crippen LogP contribution in [-0.4, -0.2) is 76.5 Å². The number of carbonyl (C=O) groups excluding carboxylic acids is 5. The van der Waals surface area contributed by atoms with E-state index in [1.807, 2.05) is 0 Å². The molecule has 2 unspecified atom stereocenters. The van der Waals surface area contributed by atoms with Crippen LogP contribution in [0, 0.1) is 0 Å². The van der Waals surface area contributed by atoms with Gasteiger partial charge in [-0.15, -0.1) is 0 Å².